The molecule has 1 heterocycles. The van der Waals surface area contributed by atoms with Gasteiger partial charge in [0.25, 0.3) is 0 Å². The summed E-state index contributed by atoms with van der Waals surface area (Å²) in [4.78, 5) is 0. The maximum Gasteiger partial charge on any atom is 0.145 e. The first-order valence-electron chi connectivity index (χ1n) is 6.13. The molecule has 1 aliphatic heterocycles. The summed E-state index contributed by atoms with van der Waals surface area (Å²) >= 11 is 0. The predicted molar refractivity (Wildman–Crippen MR) is 63.0 cm³/mol. The topological polar surface area (TPSA) is 42.2 Å². The molecule has 1 atom stereocenters. The van der Waals surface area contributed by atoms with Gasteiger partial charge in [-0.05, 0) is 42.5 Å². The molecule has 3 rings (SSSR count). The lowest BCUT2D eigenvalue weighted by Gasteiger charge is -2.28. The van der Waals surface area contributed by atoms with E-state index in [0.717, 1.165) is 25.0 Å². The Morgan fingerprint density at radius 3 is 2.94 bits per heavy atom. The molecule has 0 aromatic heterocycles. The number of hydrogen-bond donors (Lipinski definition) is 0. The molecule has 88 valence electrons. The van der Waals surface area contributed by atoms with Gasteiger partial charge in [0.05, 0.1) is 25.2 Å². The zero-order chi connectivity index (χ0) is 11.7. The summed E-state index contributed by atoms with van der Waals surface area (Å²) < 4.78 is 10.9. The third-order valence-electron chi connectivity index (χ3n) is 3.49. The second-order valence-corrected chi connectivity index (χ2v) is 4.71. The minimum Gasteiger partial charge on any atom is -0.486 e. The third kappa shape index (κ3) is 2.01. The molecular weight excluding hydrogens is 214 g/mol. The maximum absolute atomic E-state index is 9.10. The average molecular weight is 229 g/mol. The standard InChI is InChI=1S/C14H15NO2/c15-7-11-3-1-2-10-6-12(4-5-14(10)11)17-13-8-16-9-13/h4-6,11,13H,1-3,8-9H2. The molecule has 3 heteroatoms. The van der Waals surface area contributed by atoms with Crippen LogP contribution in [0.4, 0.5) is 0 Å². The van der Waals surface area contributed by atoms with E-state index < -0.39 is 0 Å². The van der Waals surface area contributed by atoms with Crippen LogP contribution in [0.5, 0.6) is 5.75 Å². The van der Waals surface area contributed by atoms with Crippen molar-refractivity contribution >= 4 is 0 Å². The monoisotopic (exact) mass is 229 g/mol. The summed E-state index contributed by atoms with van der Waals surface area (Å²) in [6, 6.07) is 8.51. The van der Waals surface area contributed by atoms with Gasteiger partial charge < -0.3 is 9.47 Å². The van der Waals surface area contributed by atoms with Crippen molar-refractivity contribution < 1.29 is 9.47 Å². The highest BCUT2D eigenvalue weighted by molar-refractivity contribution is 5.41. The summed E-state index contributed by atoms with van der Waals surface area (Å²) in [5, 5.41) is 9.10. The van der Waals surface area contributed by atoms with Crippen molar-refractivity contribution in [2.24, 2.45) is 0 Å². The summed E-state index contributed by atoms with van der Waals surface area (Å²) in [5.74, 6) is 0.982. The molecule has 0 saturated carbocycles. The van der Waals surface area contributed by atoms with Gasteiger partial charge in [-0.15, -0.1) is 0 Å². The van der Waals surface area contributed by atoms with Gasteiger partial charge in [-0.25, -0.2) is 0 Å². The van der Waals surface area contributed by atoms with E-state index in [1.54, 1.807) is 0 Å². The van der Waals surface area contributed by atoms with Gasteiger partial charge in [0.15, 0.2) is 0 Å². The SMILES string of the molecule is N#CC1CCCc2cc(OC3COC3)ccc21. The second kappa shape index (κ2) is 4.38. The Bertz CT molecular complexity index is 460. The van der Waals surface area contributed by atoms with Gasteiger partial charge in [0.2, 0.25) is 0 Å². The van der Waals surface area contributed by atoms with E-state index in [1.165, 1.54) is 11.1 Å². The average Bonchev–Trinajstić information content (AvgIpc) is 2.32. The minimum absolute atomic E-state index is 0.0693. The van der Waals surface area contributed by atoms with Crippen molar-refractivity contribution in [3.63, 3.8) is 0 Å². The molecule has 0 amide bonds. The van der Waals surface area contributed by atoms with E-state index in [4.69, 9.17) is 14.7 Å². The van der Waals surface area contributed by atoms with E-state index in [9.17, 15) is 0 Å². The molecule has 0 radical (unpaired) electrons. The molecule has 1 aromatic carbocycles. The lowest BCUT2D eigenvalue weighted by Crippen LogP contribution is -2.38. The largest absolute Gasteiger partial charge is 0.486 e. The van der Waals surface area contributed by atoms with Gasteiger partial charge in [0.1, 0.15) is 11.9 Å². The Hall–Kier alpha value is -1.53. The highest BCUT2D eigenvalue weighted by atomic mass is 16.6. The van der Waals surface area contributed by atoms with E-state index in [1.807, 2.05) is 6.07 Å². The van der Waals surface area contributed by atoms with E-state index in [2.05, 4.69) is 18.2 Å². The molecule has 0 spiro atoms. The summed E-state index contributed by atoms with van der Waals surface area (Å²) in [7, 11) is 0. The molecule has 1 aliphatic carbocycles. The molecule has 1 saturated heterocycles. The summed E-state index contributed by atoms with van der Waals surface area (Å²) in [5.41, 5.74) is 2.47. The predicted octanol–water partition coefficient (Wildman–Crippen LogP) is 2.41. The summed E-state index contributed by atoms with van der Waals surface area (Å²) in [6.07, 6.45) is 3.36. The molecule has 1 aromatic rings. The highest BCUT2D eigenvalue weighted by Gasteiger charge is 2.23. The van der Waals surface area contributed by atoms with Gasteiger partial charge in [-0.1, -0.05) is 6.07 Å². The van der Waals surface area contributed by atoms with Crippen molar-refractivity contribution in [1.29, 1.82) is 5.26 Å². The van der Waals surface area contributed by atoms with Crippen LogP contribution in [0.25, 0.3) is 0 Å². The minimum atomic E-state index is 0.0693. The molecule has 1 unspecified atom stereocenters. The van der Waals surface area contributed by atoms with Crippen LogP contribution in [0.1, 0.15) is 29.9 Å². The molecule has 17 heavy (non-hydrogen) atoms. The Balaban J connectivity index is 1.82. The Kier molecular flexibility index (Phi) is 2.74. The number of ether oxygens (including phenoxy) is 2. The normalized spacial score (nSPS) is 23.4. The van der Waals surface area contributed by atoms with Crippen LogP contribution in [0.3, 0.4) is 0 Å². The second-order valence-electron chi connectivity index (χ2n) is 4.71. The van der Waals surface area contributed by atoms with Gasteiger partial charge >= 0.3 is 0 Å². The zero-order valence-corrected chi connectivity index (χ0v) is 9.69. The van der Waals surface area contributed by atoms with Gasteiger partial charge in [-0.3, -0.25) is 0 Å². The van der Waals surface area contributed by atoms with Crippen molar-refractivity contribution in [3.05, 3.63) is 29.3 Å². The molecular formula is C14H15NO2. The fraction of sp³-hybridized carbons (Fsp3) is 0.500. The smallest absolute Gasteiger partial charge is 0.145 e. The highest BCUT2D eigenvalue weighted by Crippen LogP contribution is 2.33. The van der Waals surface area contributed by atoms with Crippen molar-refractivity contribution in [3.8, 4) is 11.8 Å². The van der Waals surface area contributed by atoms with Crippen LogP contribution in [0.2, 0.25) is 0 Å². The van der Waals surface area contributed by atoms with Crippen LogP contribution < -0.4 is 4.74 Å². The van der Waals surface area contributed by atoms with Crippen LogP contribution in [-0.4, -0.2) is 19.3 Å². The van der Waals surface area contributed by atoms with Crippen LogP contribution in [0, 0.1) is 11.3 Å². The molecule has 3 nitrogen and oxygen atoms in total. The number of nitrogens with zero attached hydrogens (tertiary/aromatic N) is 1. The number of aryl methyl sites for hydroxylation is 1. The first-order chi connectivity index (χ1) is 8.36. The lowest BCUT2D eigenvalue weighted by molar-refractivity contribution is -0.0797. The number of nitriles is 1. The van der Waals surface area contributed by atoms with Crippen molar-refractivity contribution in [2.75, 3.05) is 13.2 Å². The zero-order valence-electron chi connectivity index (χ0n) is 9.69. The van der Waals surface area contributed by atoms with E-state index in [0.29, 0.717) is 13.2 Å². The van der Waals surface area contributed by atoms with E-state index in [-0.39, 0.29) is 12.0 Å². The number of benzene rings is 1. The fourth-order valence-corrected chi connectivity index (χ4v) is 2.47. The molecule has 1 fully saturated rings. The Labute approximate surface area is 101 Å². The first kappa shape index (κ1) is 10.6. The fourth-order valence-electron chi connectivity index (χ4n) is 2.47. The van der Waals surface area contributed by atoms with Crippen LogP contribution in [-0.2, 0) is 11.2 Å². The Morgan fingerprint density at radius 1 is 1.35 bits per heavy atom. The van der Waals surface area contributed by atoms with Crippen LogP contribution >= 0.6 is 0 Å². The quantitative estimate of drug-likeness (QED) is 0.782. The maximum atomic E-state index is 9.10. The number of hydrogen-bond acceptors (Lipinski definition) is 3. The first-order valence-corrected chi connectivity index (χ1v) is 6.13. The molecule has 2 aliphatic rings. The number of rotatable bonds is 2. The van der Waals surface area contributed by atoms with Crippen molar-refractivity contribution in [1.82, 2.24) is 0 Å². The van der Waals surface area contributed by atoms with Crippen LogP contribution in [0.15, 0.2) is 18.2 Å². The number of fused-ring (bicyclic) bond motifs is 1. The van der Waals surface area contributed by atoms with E-state index >= 15 is 0 Å². The molecule has 0 bridgehead atoms. The summed E-state index contributed by atoms with van der Waals surface area (Å²) in [6.45, 7) is 1.38. The lowest BCUT2D eigenvalue weighted by atomic mass is 9.83. The molecule has 0 N–H and O–H groups in total. The van der Waals surface area contributed by atoms with Gasteiger partial charge in [0, 0.05) is 0 Å². The Morgan fingerprint density at radius 2 is 2.24 bits per heavy atom. The van der Waals surface area contributed by atoms with Gasteiger partial charge in [-0.2, -0.15) is 5.26 Å². The third-order valence-corrected chi connectivity index (χ3v) is 3.49. The van der Waals surface area contributed by atoms with Crippen molar-refractivity contribution in [2.45, 2.75) is 31.3 Å².